The van der Waals surface area contributed by atoms with Gasteiger partial charge in [-0.25, -0.2) is 5.43 Å². The summed E-state index contributed by atoms with van der Waals surface area (Å²) >= 11 is 5.78. The van der Waals surface area contributed by atoms with Crippen LogP contribution in [-0.4, -0.2) is 12.1 Å². The van der Waals surface area contributed by atoms with E-state index in [0.29, 0.717) is 10.6 Å². The van der Waals surface area contributed by atoms with Gasteiger partial charge in [0.2, 0.25) is 0 Å². The van der Waals surface area contributed by atoms with Crippen molar-refractivity contribution in [1.29, 1.82) is 0 Å². The predicted octanol–water partition coefficient (Wildman–Crippen LogP) is 4.40. The first-order chi connectivity index (χ1) is 10.4. The van der Waals surface area contributed by atoms with E-state index in [9.17, 15) is 4.79 Å². The number of hydrogen-bond acceptors (Lipinski definition) is 2. The van der Waals surface area contributed by atoms with Crippen LogP contribution in [0.1, 0.15) is 42.3 Å². The van der Waals surface area contributed by atoms with Gasteiger partial charge in [0.1, 0.15) is 0 Å². The van der Waals surface area contributed by atoms with Crippen LogP contribution >= 0.6 is 11.6 Å². The molecule has 0 spiro atoms. The van der Waals surface area contributed by atoms with E-state index >= 15 is 0 Å². The monoisotopic (exact) mass is 314 g/mol. The van der Waals surface area contributed by atoms with Crippen molar-refractivity contribution in [3.05, 3.63) is 70.2 Å². The van der Waals surface area contributed by atoms with Gasteiger partial charge in [-0.2, -0.15) is 5.10 Å². The summed E-state index contributed by atoms with van der Waals surface area (Å²) in [7, 11) is 0. The molecule has 0 atom stereocenters. The summed E-state index contributed by atoms with van der Waals surface area (Å²) in [6.07, 6.45) is 1.63. The molecule has 0 aliphatic heterocycles. The molecular formula is C18H19ClN2O. The number of hydrazone groups is 1. The third-order valence-corrected chi connectivity index (χ3v) is 3.51. The lowest BCUT2D eigenvalue weighted by atomic mass is 9.87. The molecule has 0 bridgehead atoms. The molecule has 0 unspecified atom stereocenters. The van der Waals surface area contributed by atoms with Crippen LogP contribution in [0.25, 0.3) is 0 Å². The molecule has 0 radical (unpaired) electrons. The summed E-state index contributed by atoms with van der Waals surface area (Å²) in [5.41, 5.74) is 5.33. The van der Waals surface area contributed by atoms with Crippen molar-refractivity contribution in [2.45, 2.75) is 26.2 Å². The Morgan fingerprint density at radius 2 is 1.64 bits per heavy atom. The van der Waals surface area contributed by atoms with Crippen LogP contribution in [0, 0.1) is 0 Å². The van der Waals surface area contributed by atoms with Crippen LogP contribution in [0.4, 0.5) is 0 Å². The summed E-state index contributed by atoms with van der Waals surface area (Å²) < 4.78 is 0. The highest BCUT2D eigenvalue weighted by molar-refractivity contribution is 6.30. The zero-order valence-corrected chi connectivity index (χ0v) is 13.7. The molecule has 114 valence electrons. The van der Waals surface area contributed by atoms with Crippen LogP contribution in [0.3, 0.4) is 0 Å². The minimum atomic E-state index is -0.265. The summed E-state index contributed by atoms with van der Waals surface area (Å²) in [6.45, 7) is 6.51. The Bertz CT molecular complexity index is 668. The lowest BCUT2D eigenvalue weighted by Crippen LogP contribution is -2.17. The van der Waals surface area contributed by atoms with Gasteiger partial charge < -0.3 is 0 Å². The highest BCUT2D eigenvalue weighted by Gasteiger charge is 2.12. The van der Waals surface area contributed by atoms with Gasteiger partial charge in [0.25, 0.3) is 5.91 Å². The van der Waals surface area contributed by atoms with E-state index in [-0.39, 0.29) is 11.3 Å². The molecule has 0 saturated heterocycles. The fourth-order valence-corrected chi connectivity index (χ4v) is 2.03. The van der Waals surface area contributed by atoms with E-state index in [4.69, 9.17) is 11.6 Å². The van der Waals surface area contributed by atoms with E-state index in [1.807, 2.05) is 12.1 Å². The Hall–Kier alpha value is -2.13. The van der Waals surface area contributed by atoms with Crippen molar-refractivity contribution in [3.8, 4) is 0 Å². The number of nitrogens with zero attached hydrogens (tertiary/aromatic N) is 1. The van der Waals surface area contributed by atoms with Crippen molar-refractivity contribution < 1.29 is 4.79 Å². The normalized spacial score (nSPS) is 11.6. The number of carbonyl (C=O) groups is 1. The molecule has 0 fully saturated rings. The Morgan fingerprint density at radius 1 is 1.05 bits per heavy atom. The van der Waals surface area contributed by atoms with Crippen molar-refractivity contribution in [1.82, 2.24) is 5.43 Å². The molecule has 1 amide bonds. The van der Waals surface area contributed by atoms with E-state index in [0.717, 1.165) is 5.56 Å². The van der Waals surface area contributed by atoms with Crippen LogP contribution in [-0.2, 0) is 5.41 Å². The Morgan fingerprint density at radius 3 is 2.18 bits per heavy atom. The van der Waals surface area contributed by atoms with Crippen LogP contribution < -0.4 is 5.43 Å². The van der Waals surface area contributed by atoms with Crippen molar-refractivity contribution in [2.24, 2.45) is 5.10 Å². The zero-order chi connectivity index (χ0) is 16.2. The first-order valence-corrected chi connectivity index (χ1v) is 7.43. The topological polar surface area (TPSA) is 41.5 Å². The van der Waals surface area contributed by atoms with Gasteiger partial charge in [0.15, 0.2) is 0 Å². The van der Waals surface area contributed by atoms with E-state index in [1.54, 1.807) is 30.5 Å². The zero-order valence-electron chi connectivity index (χ0n) is 12.9. The second-order valence-electron chi connectivity index (χ2n) is 6.08. The first kappa shape index (κ1) is 16.2. The number of carbonyl (C=O) groups excluding carboxylic acids is 1. The predicted molar refractivity (Wildman–Crippen MR) is 91.7 cm³/mol. The summed E-state index contributed by atoms with van der Waals surface area (Å²) in [4.78, 5) is 11.9. The van der Waals surface area contributed by atoms with Crippen molar-refractivity contribution in [3.63, 3.8) is 0 Å². The number of nitrogens with one attached hydrogen (secondary N) is 1. The summed E-state index contributed by atoms with van der Waals surface area (Å²) in [5, 5.41) is 4.57. The number of halogens is 1. The third kappa shape index (κ3) is 4.43. The molecule has 22 heavy (non-hydrogen) atoms. The van der Waals surface area contributed by atoms with Gasteiger partial charge >= 0.3 is 0 Å². The molecule has 1 N–H and O–H groups in total. The maximum Gasteiger partial charge on any atom is 0.271 e. The SMILES string of the molecule is CC(C)(C)c1ccc(/C=N\NC(=O)c2ccc(Cl)cc2)cc1. The molecule has 0 aliphatic rings. The summed E-state index contributed by atoms with van der Waals surface area (Å²) in [5.74, 6) is -0.265. The molecule has 2 aromatic rings. The van der Waals surface area contributed by atoms with Gasteiger partial charge in [0, 0.05) is 10.6 Å². The van der Waals surface area contributed by atoms with Gasteiger partial charge in [-0.1, -0.05) is 56.6 Å². The van der Waals surface area contributed by atoms with E-state index in [2.05, 4.69) is 43.4 Å². The second-order valence-corrected chi connectivity index (χ2v) is 6.51. The number of benzene rings is 2. The minimum Gasteiger partial charge on any atom is -0.267 e. The molecule has 3 nitrogen and oxygen atoms in total. The molecule has 0 saturated carbocycles. The Kier molecular flexibility index (Phi) is 4.99. The lowest BCUT2D eigenvalue weighted by molar-refractivity contribution is 0.0955. The molecule has 4 heteroatoms. The smallest absolute Gasteiger partial charge is 0.267 e. The number of amides is 1. The summed E-state index contributed by atoms with van der Waals surface area (Å²) in [6, 6.07) is 14.8. The molecule has 0 heterocycles. The van der Waals surface area contributed by atoms with Gasteiger partial charge in [-0.05, 0) is 40.8 Å². The quantitative estimate of drug-likeness (QED) is 0.662. The molecule has 0 aromatic heterocycles. The largest absolute Gasteiger partial charge is 0.271 e. The van der Waals surface area contributed by atoms with Gasteiger partial charge in [-0.15, -0.1) is 0 Å². The Balaban J connectivity index is 1.97. The number of rotatable bonds is 3. The second kappa shape index (κ2) is 6.75. The highest BCUT2D eigenvalue weighted by Crippen LogP contribution is 2.21. The fourth-order valence-electron chi connectivity index (χ4n) is 1.90. The molecular weight excluding hydrogens is 296 g/mol. The van der Waals surface area contributed by atoms with Crippen LogP contribution in [0.5, 0.6) is 0 Å². The van der Waals surface area contributed by atoms with Gasteiger partial charge in [0.05, 0.1) is 6.21 Å². The highest BCUT2D eigenvalue weighted by atomic mass is 35.5. The third-order valence-electron chi connectivity index (χ3n) is 3.26. The van der Waals surface area contributed by atoms with Crippen LogP contribution in [0.2, 0.25) is 5.02 Å². The molecule has 2 aromatic carbocycles. The van der Waals surface area contributed by atoms with Crippen molar-refractivity contribution >= 4 is 23.7 Å². The van der Waals surface area contributed by atoms with Crippen LogP contribution in [0.15, 0.2) is 53.6 Å². The Labute approximate surface area is 136 Å². The number of hydrogen-bond donors (Lipinski definition) is 1. The minimum absolute atomic E-state index is 0.123. The van der Waals surface area contributed by atoms with E-state index in [1.165, 1.54) is 5.56 Å². The van der Waals surface area contributed by atoms with Crippen molar-refractivity contribution in [2.75, 3.05) is 0 Å². The molecule has 0 aliphatic carbocycles. The van der Waals surface area contributed by atoms with Gasteiger partial charge in [-0.3, -0.25) is 4.79 Å². The molecule has 2 rings (SSSR count). The maximum atomic E-state index is 11.9. The average Bonchev–Trinajstić information content (AvgIpc) is 2.47. The first-order valence-electron chi connectivity index (χ1n) is 7.06. The van der Waals surface area contributed by atoms with E-state index < -0.39 is 0 Å². The lowest BCUT2D eigenvalue weighted by Gasteiger charge is -2.18. The fraction of sp³-hybridized carbons (Fsp3) is 0.222. The average molecular weight is 315 g/mol. The standard InChI is InChI=1S/C18H19ClN2O/c1-18(2,3)15-8-4-13(5-9-15)12-20-21-17(22)14-6-10-16(19)11-7-14/h4-12H,1-3H3,(H,21,22)/b20-12-. The maximum absolute atomic E-state index is 11.9.